The third-order valence-electron chi connectivity index (χ3n) is 3.15. The quantitative estimate of drug-likeness (QED) is 0.822. The van der Waals surface area contributed by atoms with Gasteiger partial charge in [-0.3, -0.25) is 9.89 Å². The molecule has 3 heterocycles. The van der Waals surface area contributed by atoms with Crippen LogP contribution in [0.15, 0.2) is 12.5 Å². The van der Waals surface area contributed by atoms with E-state index in [1.54, 1.807) is 0 Å². The molecule has 1 N–H and O–H groups in total. The Morgan fingerprint density at radius 1 is 1.45 bits per heavy atom. The first-order chi connectivity index (χ1) is 10.5. The molecule has 1 atom stereocenters. The van der Waals surface area contributed by atoms with E-state index in [-0.39, 0.29) is 24.5 Å². The van der Waals surface area contributed by atoms with Crippen LogP contribution in [0.25, 0.3) is 5.82 Å². The molecular weight excluding hydrogens is 307 g/mol. The van der Waals surface area contributed by atoms with E-state index in [9.17, 15) is 18.0 Å². The summed E-state index contributed by atoms with van der Waals surface area (Å²) in [6, 6.07) is 0. The summed E-state index contributed by atoms with van der Waals surface area (Å²) in [5.41, 5.74) is 0.0788. The first kappa shape index (κ1) is 14.4. The van der Waals surface area contributed by atoms with Gasteiger partial charge in [0.15, 0.2) is 11.9 Å². The highest BCUT2D eigenvalue weighted by Crippen LogP contribution is 2.26. The minimum absolute atomic E-state index is 0.0612. The summed E-state index contributed by atoms with van der Waals surface area (Å²) < 4.78 is 44.0. The lowest BCUT2D eigenvalue weighted by Gasteiger charge is -2.33. The SMILES string of the molecule is O=C(c1cn[nH]c1-n1cnnn1)N1CCO[C@@H](C(F)(F)F)C1. The number of carbonyl (C=O) groups excluding carboxylic acids is 1. The predicted molar refractivity (Wildman–Crippen MR) is 63.0 cm³/mol. The van der Waals surface area contributed by atoms with Crippen LogP contribution in [0, 0.1) is 0 Å². The van der Waals surface area contributed by atoms with Gasteiger partial charge in [0.1, 0.15) is 11.9 Å². The zero-order chi connectivity index (χ0) is 15.7. The summed E-state index contributed by atoms with van der Waals surface area (Å²) in [7, 11) is 0. The molecule has 22 heavy (non-hydrogen) atoms. The molecule has 12 heteroatoms. The van der Waals surface area contributed by atoms with Gasteiger partial charge in [-0.05, 0) is 10.4 Å². The fourth-order valence-electron chi connectivity index (χ4n) is 2.08. The largest absolute Gasteiger partial charge is 0.416 e. The number of halogens is 3. The molecule has 118 valence electrons. The van der Waals surface area contributed by atoms with E-state index in [1.807, 2.05) is 0 Å². The van der Waals surface area contributed by atoms with Gasteiger partial charge in [-0.15, -0.1) is 5.10 Å². The number of alkyl halides is 3. The highest BCUT2D eigenvalue weighted by molar-refractivity contribution is 5.97. The topological polar surface area (TPSA) is 102 Å². The summed E-state index contributed by atoms with van der Waals surface area (Å²) in [6.45, 7) is -0.692. The molecule has 3 rings (SSSR count). The normalized spacial score (nSPS) is 19.4. The average molecular weight is 317 g/mol. The van der Waals surface area contributed by atoms with Crippen molar-refractivity contribution < 1.29 is 22.7 Å². The Hall–Kier alpha value is -2.50. The Bertz CT molecular complexity index is 654. The van der Waals surface area contributed by atoms with Gasteiger partial charge in [0.25, 0.3) is 5.91 Å². The number of tetrazole rings is 1. The van der Waals surface area contributed by atoms with Gasteiger partial charge < -0.3 is 9.64 Å². The third kappa shape index (κ3) is 2.64. The maximum absolute atomic E-state index is 12.7. The summed E-state index contributed by atoms with van der Waals surface area (Å²) >= 11 is 0. The van der Waals surface area contributed by atoms with Crippen LogP contribution in [-0.2, 0) is 4.74 Å². The third-order valence-corrected chi connectivity index (χ3v) is 3.15. The monoisotopic (exact) mass is 317 g/mol. The number of aromatic amines is 1. The minimum Gasteiger partial charge on any atom is -0.365 e. The first-order valence-electron chi connectivity index (χ1n) is 6.21. The number of aromatic nitrogens is 6. The Labute approximate surface area is 121 Å². The highest BCUT2D eigenvalue weighted by Gasteiger charge is 2.44. The number of hydrogen-bond donors (Lipinski definition) is 1. The fourth-order valence-corrected chi connectivity index (χ4v) is 2.08. The van der Waals surface area contributed by atoms with Crippen LogP contribution in [0.5, 0.6) is 0 Å². The van der Waals surface area contributed by atoms with Crippen LogP contribution < -0.4 is 0 Å². The van der Waals surface area contributed by atoms with E-state index >= 15 is 0 Å². The van der Waals surface area contributed by atoms with E-state index in [2.05, 4.69) is 30.5 Å². The van der Waals surface area contributed by atoms with Crippen molar-refractivity contribution in [3.63, 3.8) is 0 Å². The molecule has 2 aromatic rings. The standard InChI is InChI=1S/C10H10F3N7O2/c11-10(12,13)7-4-19(1-2-22-7)9(21)6-3-14-16-8(6)20-5-15-17-18-20/h3,5,7H,1-2,4H2,(H,14,16)/t7-/m1/s1. The van der Waals surface area contributed by atoms with E-state index < -0.39 is 24.7 Å². The minimum atomic E-state index is -4.52. The highest BCUT2D eigenvalue weighted by atomic mass is 19.4. The zero-order valence-electron chi connectivity index (χ0n) is 11.0. The van der Waals surface area contributed by atoms with Crippen LogP contribution in [0.2, 0.25) is 0 Å². The van der Waals surface area contributed by atoms with E-state index in [0.717, 1.165) is 4.90 Å². The average Bonchev–Trinajstić information content (AvgIpc) is 3.16. The van der Waals surface area contributed by atoms with Crippen LogP contribution in [-0.4, -0.2) is 73.2 Å². The van der Waals surface area contributed by atoms with Crippen LogP contribution >= 0.6 is 0 Å². The lowest BCUT2D eigenvalue weighted by Crippen LogP contribution is -2.51. The molecule has 0 aliphatic carbocycles. The van der Waals surface area contributed by atoms with Gasteiger partial charge >= 0.3 is 6.18 Å². The second-order valence-corrected chi connectivity index (χ2v) is 4.54. The Morgan fingerprint density at radius 3 is 2.95 bits per heavy atom. The second-order valence-electron chi connectivity index (χ2n) is 4.54. The molecule has 1 saturated heterocycles. The number of rotatable bonds is 2. The van der Waals surface area contributed by atoms with Crippen molar-refractivity contribution in [2.24, 2.45) is 0 Å². The fraction of sp³-hybridized carbons (Fsp3) is 0.500. The molecule has 0 aromatic carbocycles. The maximum atomic E-state index is 12.7. The van der Waals surface area contributed by atoms with Gasteiger partial charge in [-0.2, -0.15) is 23.0 Å². The molecule has 1 aliphatic rings. The Balaban J connectivity index is 1.82. The van der Waals surface area contributed by atoms with Crippen LogP contribution in [0.1, 0.15) is 10.4 Å². The number of nitrogens with zero attached hydrogens (tertiary/aromatic N) is 6. The molecule has 2 aromatic heterocycles. The van der Waals surface area contributed by atoms with Gasteiger partial charge in [0.05, 0.1) is 19.3 Å². The van der Waals surface area contributed by atoms with Gasteiger partial charge in [0, 0.05) is 6.54 Å². The van der Waals surface area contributed by atoms with Crippen molar-refractivity contribution in [1.82, 2.24) is 35.3 Å². The molecule has 0 saturated carbocycles. The van der Waals surface area contributed by atoms with Gasteiger partial charge in [-0.25, -0.2) is 0 Å². The number of carbonyl (C=O) groups is 1. The number of nitrogens with one attached hydrogen (secondary N) is 1. The Morgan fingerprint density at radius 2 is 2.27 bits per heavy atom. The molecule has 0 unspecified atom stereocenters. The smallest absolute Gasteiger partial charge is 0.365 e. The van der Waals surface area contributed by atoms with Crippen molar-refractivity contribution in [2.75, 3.05) is 19.7 Å². The lowest BCUT2D eigenvalue weighted by atomic mass is 10.2. The van der Waals surface area contributed by atoms with Crippen molar-refractivity contribution in [3.8, 4) is 5.82 Å². The molecule has 1 aliphatic heterocycles. The number of ether oxygens (including phenoxy) is 1. The van der Waals surface area contributed by atoms with E-state index in [1.165, 1.54) is 17.2 Å². The lowest BCUT2D eigenvalue weighted by molar-refractivity contribution is -0.233. The van der Waals surface area contributed by atoms with Crippen molar-refractivity contribution in [1.29, 1.82) is 0 Å². The zero-order valence-corrected chi connectivity index (χ0v) is 11.0. The van der Waals surface area contributed by atoms with Gasteiger partial charge in [-0.1, -0.05) is 0 Å². The van der Waals surface area contributed by atoms with E-state index in [4.69, 9.17) is 0 Å². The summed E-state index contributed by atoms with van der Waals surface area (Å²) in [6.07, 6.45) is -4.05. The van der Waals surface area contributed by atoms with Crippen LogP contribution in [0.3, 0.4) is 0 Å². The van der Waals surface area contributed by atoms with Crippen molar-refractivity contribution in [2.45, 2.75) is 12.3 Å². The van der Waals surface area contributed by atoms with E-state index in [0.29, 0.717) is 0 Å². The number of hydrogen-bond acceptors (Lipinski definition) is 6. The molecule has 0 bridgehead atoms. The summed E-state index contributed by atoms with van der Waals surface area (Å²) in [5, 5.41) is 16.7. The molecule has 1 amide bonds. The molecule has 0 spiro atoms. The van der Waals surface area contributed by atoms with Gasteiger partial charge in [0.2, 0.25) is 0 Å². The predicted octanol–water partition coefficient (Wildman–Crippen LogP) is -0.211. The number of amides is 1. The molecular formula is C10H10F3N7O2. The maximum Gasteiger partial charge on any atom is 0.416 e. The second kappa shape index (κ2) is 5.36. The summed E-state index contributed by atoms with van der Waals surface area (Å²) in [4.78, 5) is 13.5. The Kier molecular flexibility index (Phi) is 3.52. The first-order valence-corrected chi connectivity index (χ1v) is 6.21. The summed E-state index contributed by atoms with van der Waals surface area (Å²) in [5.74, 6) is -0.415. The molecule has 9 nitrogen and oxygen atoms in total. The van der Waals surface area contributed by atoms with Crippen molar-refractivity contribution in [3.05, 3.63) is 18.1 Å². The van der Waals surface area contributed by atoms with Crippen LogP contribution in [0.4, 0.5) is 13.2 Å². The molecule has 0 radical (unpaired) electrons. The molecule has 1 fully saturated rings. The number of morpholine rings is 1. The number of H-pyrrole nitrogens is 1. The van der Waals surface area contributed by atoms with Crippen molar-refractivity contribution >= 4 is 5.91 Å².